The summed E-state index contributed by atoms with van der Waals surface area (Å²) in [5.74, 6) is -0.831. The minimum absolute atomic E-state index is 0.110. The number of piperidine rings is 2. The van der Waals surface area contributed by atoms with E-state index in [4.69, 9.17) is 0 Å². The molecule has 2 N–H and O–H groups in total. The van der Waals surface area contributed by atoms with Crippen molar-refractivity contribution in [2.45, 2.75) is 57.8 Å². The normalized spacial score (nSPS) is 21.1. The summed E-state index contributed by atoms with van der Waals surface area (Å²) in [5, 5.41) is 3.18. The molecule has 3 aliphatic rings. The van der Waals surface area contributed by atoms with Crippen LogP contribution in [-0.4, -0.2) is 57.5 Å². The molecule has 0 bridgehead atoms. The van der Waals surface area contributed by atoms with Crippen LogP contribution >= 0.6 is 0 Å². The highest BCUT2D eigenvalue weighted by molar-refractivity contribution is 6.20. The molecule has 7 nitrogen and oxygen atoms in total. The Bertz CT molecular complexity index is 1370. The maximum atomic E-state index is 14.8. The van der Waals surface area contributed by atoms with Gasteiger partial charge in [-0.05, 0) is 31.4 Å². The van der Waals surface area contributed by atoms with Gasteiger partial charge in [0.25, 0.3) is 5.91 Å². The molecule has 0 saturated carbocycles. The summed E-state index contributed by atoms with van der Waals surface area (Å²) < 4.78 is 15.3. The Morgan fingerprint density at radius 1 is 1.08 bits per heavy atom. The van der Waals surface area contributed by atoms with Crippen LogP contribution in [0.3, 0.4) is 0 Å². The van der Waals surface area contributed by atoms with Crippen molar-refractivity contribution in [3.63, 3.8) is 0 Å². The molecule has 2 fully saturated rings. The summed E-state index contributed by atoms with van der Waals surface area (Å²) in [5.41, 5.74) is 5.76. The minimum Gasteiger partial charge on any atom is -0.357 e. The maximum Gasteiger partial charge on any atom is 0.297 e. The second-order valence-corrected chi connectivity index (χ2v) is 11.0. The number of benzene rings is 1. The summed E-state index contributed by atoms with van der Waals surface area (Å²) in [7, 11) is 0. The molecule has 0 spiro atoms. The molecule has 1 amide bonds. The number of carbonyl (C=O) groups is 2. The monoisotopic (exact) mass is 490 g/mol. The number of H-pyrrole nitrogens is 1. The van der Waals surface area contributed by atoms with Crippen LogP contribution in [0.5, 0.6) is 0 Å². The van der Waals surface area contributed by atoms with Crippen LogP contribution in [0.15, 0.2) is 30.6 Å². The first-order valence-corrected chi connectivity index (χ1v) is 13.1. The lowest BCUT2D eigenvalue weighted by molar-refractivity contribution is -1.07. The van der Waals surface area contributed by atoms with Crippen LogP contribution in [0.1, 0.15) is 89.9 Å². The predicted molar refractivity (Wildman–Crippen MR) is 135 cm³/mol. The van der Waals surface area contributed by atoms with Gasteiger partial charge in [0.1, 0.15) is 18.9 Å². The summed E-state index contributed by atoms with van der Waals surface area (Å²) in [4.78, 5) is 34.3. The zero-order valence-corrected chi connectivity index (χ0v) is 21.0. The van der Waals surface area contributed by atoms with Crippen molar-refractivity contribution >= 4 is 22.6 Å². The molecular formula is C28H33FN5O2+. The Morgan fingerprint density at radius 2 is 1.81 bits per heavy atom. The number of aromatic nitrogens is 2. The molecule has 4 heterocycles. The SMILES string of the molecule is CC1(C)c2[nH]c3cc(C(=O)N[N+]4(N5CCCCC5)CCCCC4)ccc3c2C(=O)c2cncc(F)c21. The number of hydrogen-bond acceptors (Lipinski definition) is 4. The molecule has 3 aromatic rings. The lowest BCUT2D eigenvalue weighted by Gasteiger charge is -2.47. The summed E-state index contributed by atoms with van der Waals surface area (Å²) in [6.07, 6.45) is 9.59. The largest absolute Gasteiger partial charge is 0.357 e. The van der Waals surface area contributed by atoms with E-state index in [-0.39, 0.29) is 11.7 Å². The fourth-order valence-electron chi connectivity index (χ4n) is 6.56. The number of ketones is 1. The smallest absolute Gasteiger partial charge is 0.297 e. The van der Waals surface area contributed by atoms with Gasteiger partial charge in [-0.2, -0.15) is 5.43 Å². The lowest BCUT2D eigenvalue weighted by atomic mass is 9.71. The van der Waals surface area contributed by atoms with Crippen LogP contribution in [0.2, 0.25) is 0 Å². The molecule has 8 heteroatoms. The number of pyridine rings is 1. The molecule has 6 rings (SSSR count). The Balaban J connectivity index is 1.37. The number of quaternary nitrogens is 1. The molecule has 1 aliphatic carbocycles. The van der Waals surface area contributed by atoms with E-state index in [1.54, 1.807) is 6.07 Å². The van der Waals surface area contributed by atoms with Crippen LogP contribution in [0.25, 0.3) is 10.9 Å². The van der Waals surface area contributed by atoms with Gasteiger partial charge in [-0.3, -0.25) is 14.6 Å². The van der Waals surface area contributed by atoms with E-state index in [0.717, 1.165) is 63.4 Å². The Labute approximate surface area is 210 Å². The molecular weight excluding hydrogens is 457 g/mol. The van der Waals surface area contributed by atoms with E-state index in [1.807, 2.05) is 26.0 Å². The third kappa shape index (κ3) is 3.50. The molecule has 36 heavy (non-hydrogen) atoms. The number of nitrogens with one attached hydrogen (secondary N) is 2. The fourth-order valence-corrected chi connectivity index (χ4v) is 6.56. The Hall–Kier alpha value is -3.10. The van der Waals surface area contributed by atoms with Crippen molar-refractivity contribution in [3.8, 4) is 0 Å². The van der Waals surface area contributed by atoms with Gasteiger partial charge in [0.15, 0.2) is 5.78 Å². The molecule has 1 aromatic carbocycles. The van der Waals surface area contributed by atoms with Crippen molar-refractivity contribution in [1.29, 1.82) is 0 Å². The number of halogens is 1. The minimum atomic E-state index is -0.746. The zero-order valence-electron chi connectivity index (χ0n) is 21.0. The average molecular weight is 491 g/mol. The molecule has 2 aromatic heterocycles. The van der Waals surface area contributed by atoms with Gasteiger partial charge in [-0.25, -0.2) is 4.39 Å². The van der Waals surface area contributed by atoms with Gasteiger partial charge in [0.05, 0.1) is 24.8 Å². The van der Waals surface area contributed by atoms with Crippen molar-refractivity contribution in [1.82, 2.24) is 20.4 Å². The third-order valence-corrected chi connectivity index (χ3v) is 8.42. The quantitative estimate of drug-likeness (QED) is 0.526. The molecule has 188 valence electrons. The number of carbonyl (C=O) groups excluding carboxylic acids is 2. The second-order valence-electron chi connectivity index (χ2n) is 11.0. The Morgan fingerprint density at radius 3 is 2.56 bits per heavy atom. The second kappa shape index (κ2) is 8.49. The zero-order chi connectivity index (χ0) is 25.1. The number of amides is 1. The van der Waals surface area contributed by atoms with Crippen molar-refractivity contribution in [3.05, 3.63) is 64.4 Å². The highest BCUT2D eigenvalue weighted by atomic mass is 19.1. The number of hydrogen-bond donors (Lipinski definition) is 2. The van der Waals surface area contributed by atoms with Gasteiger partial charge in [-0.15, -0.1) is 9.71 Å². The first-order valence-electron chi connectivity index (χ1n) is 13.1. The summed E-state index contributed by atoms with van der Waals surface area (Å²) in [6, 6.07) is 5.46. The van der Waals surface area contributed by atoms with E-state index in [9.17, 15) is 14.0 Å². The van der Waals surface area contributed by atoms with Gasteiger partial charge in [0, 0.05) is 57.7 Å². The van der Waals surface area contributed by atoms with Crippen molar-refractivity contribution in [2.75, 3.05) is 26.2 Å². The van der Waals surface area contributed by atoms with Crippen LogP contribution in [0.4, 0.5) is 4.39 Å². The Kier molecular flexibility index (Phi) is 5.50. The molecule has 2 aliphatic heterocycles. The predicted octanol–water partition coefficient (Wildman–Crippen LogP) is 4.62. The third-order valence-electron chi connectivity index (χ3n) is 8.42. The van der Waals surface area contributed by atoms with Gasteiger partial charge < -0.3 is 4.98 Å². The number of nitrogens with zero attached hydrogens (tertiary/aromatic N) is 3. The average Bonchev–Trinajstić information content (AvgIpc) is 3.29. The number of rotatable bonds is 3. The number of fused-ring (bicyclic) bond motifs is 4. The van der Waals surface area contributed by atoms with Gasteiger partial charge in [-0.1, -0.05) is 26.3 Å². The van der Waals surface area contributed by atoms with Crippen LogP contribution < -0.4 is 5.43 Å². The highest BCUT2D eigenvalue weighted by Crippen LogP contribution is 2.44. The summed E-state index contributed by atoms with van der Waals surface area (Å²) >= 11 is 0. The van der Waals surface area contributed by atoms with E-state index in [0.29, 0.717) is 38.2 Å². The molecule has 0 atom stereocenters. The highest BCUT2D eigenvalue weighted by Gasteiger charge is 2.43. The molecule has 0 unspecified atom stereocenters. The first-order chi connectivity index (χ1) is 17.3. The standard InChI is InChI=1S/C28H32FN5O2/c1-28(2)24-20(16-30-17-21(24)29)25(35)23-19-10-9-18(15-22(19)31-26(23)28)27(36)32-34(13-7-4-8-14-34)33-11-5-3-6-12-33/h9-10,15-17H,3-8,11-14H2,1-2H3,(H-,31,32,35,36)/p+1. The molecule has 0 radical (unpaired) electrons. The fraction of sp³-hybridized carbons (Fsp3) is 0.464. The lowest BCUT2D eigenvalue weighted by Crippen LogP contribution is -2.71. The van der Waals surface area contributed by atoms with Gasteiger partial charge in [0.2, 0.25) is 0 Å². The van der Waals surface area contributed by atoms with Gasteiger partial charge >= 0.3 is 0 Å². The van der Waals surface area contributed by atoms with E-state index >= 15 is 0 Å². The maximum absolute atomic E-state index is 14.8. The van der Waals surface area contributed by atoms with Crippen molar-refractivity contribution in [2.24, 2.45) is 0 Å². The van der Waals surface area contributed by atoms with E-state index < -0.39 is 11.2 Å². The van der Waals surface area contributed by atoms with E-state index in [1.165, 1.54) is 19.0 Å². The van der Waals surface area contributed by atoms with Crippen molar-refractivity contribution < 1.29 is 18.7 Å². The van der Waals surface area contributed by atoms with E-state index in [2.05, 4.69) is 20.4 Å². The first kappa shape index (κ1) is 23.3. The number of aromatic amines is 1. The summed E-state index contributed by atoms with van der Waals surface area (Å²) in [6.45, 7) is 7.67. The van der Waals surface area contributed by atoms with Crippen LogP contribution in [0, 0.1) is 5.82 Å². The van der Waals surface area contributed by atoms with Crippen LogP contribution in [-0.2, 0) is 5.41 Å². The topological polar surface area (TPSA) is 78.1 Å². The molecule has 2 saturated heterocycles.